The van der Waals surface area contributed by atoms with E-state index in [0.717, 1.165) is 0 Å². The molecule has 13 heavy (non-hydrogen) atoms. The van der Waals surface area contributed by atoms with Gasteiger partial charge in [-0.25, -0.2) is 13.2 Å². The molecule has 0 saturated carbocycles. The maximum absolute atomic E-state index is 12.8. The van der Waals surface area contributed by atoms with E-state index in [-0.39, 0.29) is 17.8 Å². The lowest BCUT2D eigenvalue weighted by Gasteiger charge is -2.03. The number of benzene rings is 1. The van der Waals surface area contributed by atoms with Crippen LogP contribution in [0.2, 0.25) is 0 Å². The molecule has 1 aromatic carbocycles. The van der Waals surface area contributed by atoms with E-state index in [4.69, 9.17) is 11.1 Å². The van der Waals surface area contributed by atoms with Crippen molar-refractivity contribution in [2.75, 3.05) is 0 Å². The van der Waals surface area contributed by atoms with E-state index in [9.17, 15) is 13.2 Å². The summed E-state index contributed by atoms with van der Waals surface area (Å²) in [4.78, 5) is 0. The van der Waals surface area contributed by atoms with Crippen LogP contribution in [0.3, 0.4) is 0 Å². The van der Waals surface area contributed by atoms with E-state index in [0.29, 0.717) is 12.1 Å². The van der Waals surface area contributed by atoms with Gasteiger partial charge in [0, 0.05) is 24.1 Å². The minimum Gasteiger partial charge on any atom is -0.387 e. The standard InChI is InChI=1S/C8H7F3N2/c9-4-1-6(10)5(3-8(12)13)7(11)2-4/h1-2H,3H2,(H3,12,13). The van der Waals surface area contributed by atoms with Crippen molar-refractivity contribution in [2.24, 2.45) is 5.73 Å². The van der Waals surface area contributed by atoms with Crippen molar-refractivity contribution < 1.29 is 13.2 Å². The van der Waals surface area contributed by atoms with Crippen molar-refractivity contribution in [2.45, 2.75) is 6.42 Å². The SMILES string of the molecule is N=C(N)Cc1c(F)cc(F)cc1F. The molecule has 0 saturated heterocycles. The summed E-state index contributed by atoms with van der Waals surface area (Å²) in [7, 11) is 0. The van der Waals surface area contributed by atoms with Crippen molar-refractivity contribution in [3.8, 4) is 0 Å². The van der Waals surface area contributed by atoms with Crippen molar-refractivity contribution in [3.63, 3.8) is 0 Å². The third kappa shape index (κ3) is 2.21. The Morgan fingerprint density at radius 2 is 1.69 bits per heavy atom. The molecule has 0 heterocycles. The first kappa shape index (κ1) is 9.57. The van der Waals surface area contributed by atoms with Crippen LogP contribution in [-0.2, 0) is 6.42 Å². The number of hydrogen-bond acceptors (Lipinski definition) is 1. The van der Waals surface area contributed by atoms with Gasteiger partial charge in [0.05, 0.1) is 5.84 Å². The minimum absolute atomic E-state index is 0.349. The van der Waals surface area contributed by atoms with Gasteiger partial charge in [0.1, 0.15) is 17.5 Å². The van der Waals surface area contributed by atoms with E-state index in [2.05, 4.69) is 0 Å². The largest absolute Gasteiger partial charge is 0.387 e. The Bertz CT molecular complexity index is 326. The summed E-state index contributed by atoms with van der Waals surface area (Å²) in [6.07, 6.45) is -0.349. The van der Waals surface area contributed by atoms with Crippen LogP contribution in [-0.4, -0.2) is 5.84 Å². The van der Waals surface area contributed by atoms with Crippen LogP contribution in [0.4, 0.5) is 13.2 Å². The van der Waals surface area contributed by atoms with Crippen LogP contribution in [0.15, 0.2) is 12.1 Å². The van der Waals surface area contributed by atoms with E-state index >= 15 is 0 Å². The summed E-state index contributed by atoms with van der Waals surface area (Å²) in [5, 5.41) is 6.83. The van der Waals surface area contributed by atoms with Gasteiger partial charge >= 0.3 is 0 Å². The second-order valence-corrected chi connectivity index (χ2v) is 2.55. The fourth-order valence-corrected chi connectivity index (χ4v) is 0.931. The van der Waals surface area contributed by atoms with Gasteiger partial charge in [-0.05, 0) is 0 Å². The molecule has 0 spiro atoms. The Balaban J connectivity index is 3.13. The highest BCUT2D eigenvalue weighted by Gasteiger charge is 2.11. The molecule has 0 aliphatic heterocycles. The third-order valence-corrected chi connectivity index (χ3v) is 1.47. The topological polar surface area (TPSA) is 49.9 Å². The molecule has 0 aliphatic carbocycles. The number of rotatable bonds is 2. The first-order valence-corrected chi connectivity index (χ1v) is 3.47. The number of amidine groups is 1. The van der Waals surface area contributed by atoms with Gasteiger partial charge in [0.15, 0.2) is 0 Å². The highest BCUT2D eigenvalue weighted by molar-refractivity contribution is 5.79. The first-order chi connectivity index (χ1) is 6.00. The first-order valence-electron chi connectivity index (χ1n) is 3.47. The lowest BCUT2D eigenvalue weighted by Crippen LogP contribution is -2.15. The summed E-state index contributed by atoms with van der Waals surface area (Å²) in [6.45, 7) is 0. The van der Waals surface area contributed by atoms with E-state index < -0.39 is 17.5 Å². The lowest BCUT2D eigenvalue weighted by molar-refractivity contribution is 0.529. The van der Waals surface area contributed by atoms with Crippen LogP contribution < -0.4 is 5.73 Å². The van der Waals surface area contributed by atoms with Gasteiger partial charge < -0.3 is 5.73 Å². The minimum atomic E-state index is -1.02. The van der Waals surface area contributed by atoms with Gasteiger partial charge in [-0.3, -0.25) is 5.41 Å². The molecule has 0 fully saturated rings. The molecule has 0 unspecified atom stereocenters. The Kier molecular flexibility index (Phi) is 2.55. The molecule has 0 aromatic heterocycles. The lowest BCUT2D eigenvalue weighted by atomic mass is 10.1. The Morgan fingerprint density at radius 3 is 2.08 bits per heavy atom. The highest BCUT2D eigenvalue weighted by atomic mass is 19.1. The molecular formula is C8H7F3N2. The summed E-state index contributed by atoms with van der Waals surface area (Å²) < 4.78 is 38.1. The third-order valence-electron chi connectivity index (χ3n) is 1.47. The molecule has 0 atom stereocenters. The predicted molar refractivity (Wildman–Crippen MR) is 41.9 cm³/mol. The van der Waals surface area contributed by atoms with Gasteiger partial charge in [0.2, 0.25) is 0 Å². The van der Waals surface area contributed by atoms with Crippen LogP contribution in [0, 0.1) is 22.9 Å². The molecule has 1 aromatic rings. The smallest absolute Gasteiger partial charge is 0.132 e. The van der Waals surface area contributed by atoms with E-state index in [1.54, 1.807) is 0 Å². The summed E-state index contributed by atoms with van der Waals surface area (Å²) >= 11 is 0. The zero-order chi connectivity index (χ0) is 10.0. The van der Waals surface area contributed by atoms with Crippen molar-refractivity contribution >= 4 is 5.84 Å². The number of nitrogens with two attached hydrogens (primary N) is 1. The average molecular weight is 188 g/mol. The molecule has 0 aliphatic rings. The highest BCUT2D eigenvalue weighted by Crippen LogP contribution is 2.14. The maximum Gasteiger partial charge on any atom is 0.132 e. The average Bonchev–Trinajstić information content (AvgIpc) is 1.96. The Labute approximate surface area is 72.7 Å². The Morgan fingerprint density at radius 1 is 1.23 bits per heavy atom. The van der Waals surface area contributed by atoms with E-state index in [1.165, 1.54) is 0 Å². The fraction of sp³-hybridized carbons (Fsp3) is 0.125. The number of hydrogen-bond donors (Lipinski definition) is 2. The second-order valence-electron chi connectivity index (χ2n) is 2.55. The maximum atomic E-state index is 12.8. The normalized spacial score (nSPS) is 10.1. The second kappa shape index (κ2) is 3.47. The van der Waals surface area contributed by atoms with Gasteiger partial charge in [-0.15, -0.1) is 0 Å². The van der Waals surface area contributed by atoms with Crippen molar-refractivity contribution in [3.05, 3.63) is 35.1 Å². The quantitative estimate of drug-likeness (QED) is 0.537. The van der Waals surface area contributed by atoms with Crippen molar-refractivity contribution in [1.29, 1.82) is 5.41 Å². The molecule has 70 valence electrons. The predicted octanol–water partition coefficient (Wildman–Crippen LogP) is 1.58. The van der Waals surface area contributed by atoms with E-state index in [1.807, 2.05) is 0 Å². The molecule has 0 radical (unpaired) electrons. The Hall–Kier alpha value is -1.52. The molecule has 0 bridgehead atoms. The van der Waals surface area contributed by atoms with Crippen LogP contribution in [0.5, 0.6) is 0 Å². The molecule has 2 nitrogen and oxygen atoms in total. The van der Waals surface area contributed by atoms with Crippen LogP contribution >= 0.6 is 0 Å². The fourth-order valence-electron chi connectivity index (χ4n) is 0.931. The zero-order valence-corrected chi connectivity index (χ0v) is 6.57. The van der Waals surface area contributed by atoms with Gasteiger partial charge in [0.25, 0.3) is 0 Å². The van der Waals surface area contributed by atoms with Crippen LogP contribution in [0.1, 0.15) is 5.56 Å². The summed E-state index contributed by atoms with van der Waals surface area (Å²) in [6, 6.07) is 1.11. The molecule has 1 rings (SSSR count). The molecular weight excluding hydrogens is 181 g/mol. The number of halogens is 3. The molecule has 0 amide bonds. The molecule has 3 N–H and O–H groups in total. The number of nitrogens with one attached hydrogen (secondary N) is 1. The van der Waals surface area contributed by atoms with Gasteiger partial charge in [-0.2, -0.15) is 0 Å². The zero-order valence-electron chi connectivity index (χ0n) is 6.57. The van der Waals surface area contributed by atoms with Gasteiger partial charge in [-0.1, -0.05) is 0 Å². The monoisotopic (exact) mass is 188 g/mol. The van der Waals surface area contributed by atoms with Crippen LogP contribution in [0.25, 0.3) is 0 Å². The summed E-state index contributed by atoms with van der Waals surface area (Å²) in [5.74, 6) is -3.40. The summed E-state index contributed by atoms with van der Waals surface area (Å²) in [5.41, 5.74) is 4.58. The molecule has 5 heteroatoms. The van der Waals surface area contributed by atoms with Crippen molar-refractivity contribution in [1.82, 2.24) is 0 Å².